The molecule has 1 amide bonds. The van der Waals surface area contributed by atoms with Gasteiger partial charge < -0.3 is 9.87 Å². The van der Waals surface area contributed by atoms with E-state index in [0.29, 0.717) is 27.7 Å². The van der Waals surface area contributed by atoms with Crippen molar-refractivity contribution in [1.82, 2.24) is 5.32 Å². The van der Waals surface area contributed by atoms with Gasteiger partial charge in [0.2, 0.25) is 0 Å². The van der Waals surface area contributed by atoms with E-state index >= 15 is 0 Å². The number of fused-ring (bicyclic) bond motifs is 2. The third-order valence-electron chi connectivity index (χ3n) is 5.28. The standard InChI is InChI=1S/C24H23ClN2O2S/c1-2-3-14-26-24(28)17-10-13-22-20(15-17)27-23(16-8-11-18(25)12-9-16)19-6-4-5-7-21(19)30(22)29/h4-13,15,19,21H,2-3,14H2,1H3,(H,26,28). The van der Waals surface area contributed by atoms with Gasteiger partial charge in [-0.05, 0) is 59.6 Å². The zero-order valence-corrected chi connectivity index (χ0v) is 18.2. The summed E-state index contributed by atoms with van der Waals surface area (Å²) in [6.07, 6.45) is 9.86. The maximum atomic E-state index is 13.4. The van der Waals surface area contributed by atoms with Gasteiger partial charge in [-0.25, -0.2) is 4.99 Å². The SMILES string of the molecule is CCCCNC(=O)c1ccc2c(c1)N=C(c1ccc(Cl)cc1)C1C=CC=CC1[S+]2[O-]. The Hall–Kier alpha value is -2.34. The van der Waals surface area contributed by atoms with Crippen LogP contribution in [0.5, 0.6) is 0 Å². The number of amides is 1. The van der Waals surface area contributed by atoms with E-state index in [9.17, 15) is 9.35 Å². The molecule has 0 spiro atoms. The summed E-state index contributed by atoms with van der Waals surface area (Å²) in [5.41, 5.74) is 2.86. The van der Waals surface area contributed by atoms with Crippen molar-refractivity contribution in [3.63, 3.8) is 0 Å². The van der Waals surface area contributed by atoms with Crippen LogP contribution in [0.4, 0.5) is 5.69 Å². The fraction of sp³-hybridized carbons (Fsp3) is 0.250. The van der Waals surface area contributed by atoms with Crippen molar-refractivity contribution in [1.29, 1.82) is 0 Å². The van der Waals surface area contributed by atoms with E-state index in [1.807, 2.05) is 48.6 Å². The Bertz CT molecular complexity index is 1030. The van der Waals surface area contributed by atoms with Crippen molar-refractivity contribution in [3.8, 4) is 0 Å². The minimum atomic E-state index is -1.29. The number of rotatable bonds is 5. The first-order valence-electron chi connectivity index (χ1n) is 10.1. The number of nitrogens with one attached hydrogen (secondary N) is 1. The Morgan fingerprint density at radius 2 is 1.93 bits per heavy atom. The van der Waals surface area contributed by atoms with Crippen LogP contribution in [-0.2, 0) is 11.2 Å². The highest BCUT2D eigenvalue weighted by molar-refractivity contribution is 7.92. The molecule has 154 valence electrons. The molecule has 6 heteroatoms. The predicted octanol–water partition coefficient (Wildman–Crippen LogP) is 5.22. The van der Waals surface area contributed by atoms with Gasteiger partial charge in [0.25, 0.3) is 5.91 Å². The normalized spacial score (nSPS) is 22.0. The minimum absolute atomic E-state index is 0.119. The minimum Gasteiger partial charge on any atom is -0.611 e. The number of carbonyl (C=O) groups is 1. The highest BCUT2D eigenvalue weighted by Crippen LogP contribution is 2.39. The third kappa shape index (κ3) is 4.24. The number of aliphatic imine (C=N–C) groups is 1. The van der Waals surface area contributed by atoms with Gasteiger partial charge in [-0.15, -0.1) is 0 Å². The summed E-state index contributed by atoms with van der Waals surface area (Å²) in [4.78, 5) is 18.1. The van der Waals surface area contributed by atoms with Gasteiger partial charge in [-0.2, -0.15) is 0 Å². The quantitative estimate of drug-likeness (QED) is 0.513. The Balaban J connectivity index is 1.78. The molecule has 1 heterocycles. The number of benzene rings is 2. The van der Waals surface area contributed by atoms with Gasteiger partial charge >= 0.3 is 0 Å². The molecule has 0 fully saturated rings. The number of unbranched alkanes of at least 4 members (excludes halogenated alkanes) is 1. The largest absolute Gasteiger partial charge is 0.611 e. The molecular formula is C24H23ClN2O2S. The molecule has 1 aliphatic heterocycles. The van der Waals surface area contributed by atoms with E-state index < -0.39 is 11.2 Å². The van der Waals surface area contributed by atoms with Gasteiger partial charge in [-0.3, -0.25) is 4.79 Å². The summed E-state index contributed by atoms with van der Waals surface area (Å²) in [6, 6.07) is 12.8. The maximum Gasteiger partial charge on any atom is 0.251 e. The molecule has 2 aromatic carbocycles. The van der Waals surface area contributed by atoms with Gasteiger partial charge in [0.1, 0.15) is 5.69 Å². The predicted molar refractivity (Wildman–Crippen MR) is 123 cm³/mol. The molecule has 1 N–H and O–H groups in total. The monoisotopic (exact) mass is 438 g/mol. The molecule has 0 bridgehead atoms. The summed E-state index contributed by atoms with van der Waals surface area (Å²) >= 11 is 4.79. The number of hydrogen-bond donors (Lipinski definition) is 1. The maximum absolute atomic E-state index is 13.4. The molecule has 2 aliphatic rings. The summed E-state index contributed by atoms with van der Waals surface area (Å²) in [7, 11) is 0. The number of carbonyl (C=O) groups excluding carboxylic acids is 1. The van der Waals surface area contributed by atoms with Crippen molar-refractivity contribution >= 4 is 40.1 Å². The summed E-state index contributed by atoms with van der Waals surface area (Å²) in [6.45, 7) is 2.72. The Labute approximate surface area is 184 Å². The lowest BCUT2D eigenvalue weighted by atomic mass is 9.90. The first-order valence-corrected chi connectivity index (χ1v) is 11.7. The lowest BCUT2D eigenvalue weighted by molar-refractivity contribution is 0.0953. The van der Waals surface area contributed by atoms with Crippen molar-refractivity contribution in [3.05, 3.63) is 82.9 Å². The van der Waals surface area contributed by atoms with Crippen LogP contribution in [0.3, 0.4) is 0 Å². The number of hydrogen-bond acceptors (Lipinski definition) is 3. The van der Waals surface area contributed by atoms with Crippen LogP contribution >= 0.6 is 11.6 Å². The summed E-state index contributed by atoms with van der Waals surface area (Å²) in [5, 5.41) is 3.37. The van der Waals surface area contributed by atoms with Crippen LogP contribution in [0.25, 0.3) is 0 Å². The van der Waals surface area contributed by atoms with Crippen molar-refractivity contribution < 1.29 is 9.35 Å². The van der Waals surface area contributed by atoms with Gasteiger partial charge in [0.15, 0.2) is 10.1 Å². The van der Waals surface area contributed by atoms with E-state index in [1.165, 1.54) is 0 Å². The molecule has 0 saturated heterocycles. The zero-order valence-electron chi connectivity index (χ0n) is 16.7. The van der Waals surface area contributed by atoms with Crippen LogP contribution in [0, 0.1) is 5.92 Å². The molecule has 2 aromatic rings. The highest BCUT2D eigenvalue weighted by atomic mass is 35.5. The second kappa shape index (κ2) is 9.21. The van der Waals surface area contributed by atoms with E-state index in [1.54, 1.807) is 18.2 Å². The van der Waals surface area contributed by atoms with E-state index in [2.05, 4.69) is 12.2 Å². The summed E-state index contributed by atoms with van der Waals surface area (Å²) in [5.74, 6) is -0.257. The first kappa shape index (κ1) is 20.9. The first-order chi connectivity index (χ1) is 14.6. The highest BCUT2D eigenvalue weighted by Gasteiger charge is 2.38. The fourth-order valence-electron chi connectivity index (χ4n) is 3.66. The van der Waals surface area contributed by atoms with Crippen molar-refractivity contribution in [2.24, 2.45) is 10.9 Å². The molecule has 0 radical (unpaired) electrons. The van der Waals surface area contributed by atoms with E-state index in [4.69, 9.17) is 16.6 Å². The van der Waals surface area contributed by atoms with Crippen LogP contribution in [0.2, 0.25) is 5.02 Å². The molecule has 3 unspecified atom stereocenters. The topological polar surface area (TPSA) is 64.5 Å². The molecule has 30 heavy (non-hydrogen) atoms. The molecule has 0 saturated carbocycles. The van der Waals surface area contributed by atoms with E-state index in [-0.39, 0.29) is 17.1 Å². The smallest absolute Gasteiger partial charge is 0.251 e. The summed E-state index contributed by atoms with van der Waals surface area (Å²) < 4.78 is 13.4. The van der Waals surface area contributed by atoms with Gasteiger partial charge in [0.05, 0.1) is 11.6 Å². The van der Waals surface area contributed by atoms with Crippen molar-refractivity contribution in [2.75, 3.05) is 6.54 Å². The fourth-order valence-corrected chi connectivity index (χ4v) is 5.31. The Kier molecular flexibility index (Phi) is 6.42. The van der Waals surface area contributed by atoms with Gasteiger partial charge in [0, 0.05) is 17.1 Å². The molecule has 0 aromatic heterocycles. The zero-order chi connectivity index (χ0) is 21.1. The Morgan fingerprint density at radius 3 is 2.70 bits per heavy atom. The lowest BCUT2D eigenvalue weighted by Crippen LogP contribution is -2.32. The van der Waals surface area contributed by atoms with Crippen molar-refractivity contribution in [2.45, 2.75) is 29.9 Å². The second-order valence-electron chi connectivity index (χ2n) is 7.35. The number of nitrogens with zero attached hydrogens (tertiary/aromatic N) is 1. The van der Waals surface area contributed by atoms with Crippen LogP contribution in [0.1, 0.15) is 35.7 Å². The average Bonchev–Trinajstić information content (AvgIpc) is 2.89. The molecular weight excluding hydrogens is 416 g/mol. The molecule has 1 aliphatic carbocycles. The Morgan fingerprint density at radius 1 is 1.17 bits per heavy atom. The molecule has 4 rings (SSSR count). The van der Waals surface area contributed by atoms with Gasteiger partial charge in [-0.1, -0.05) is 55.3 Å². The van der Waals surface area contributed by atoms with Crippen LogP contribution in [0.15, 0.2) is 76.7 Å². The number of halogens is 1. The molecule has 3 atom stereocenters. The molecule has 4 nitrogen and oxygen atoms in total. The van der Waals surface area contributed by atoms with Crippen LogP contribution in [-0.4, -0.2) is 28.0 Å². The van der Waals surface area contributed by atoms with Crippen LogP contribution < -0.4 is 5.32 Å². The second-order valence-corrected chi connectivity index (χ2v) is 9.37. The van der Waals surface area contributed by atoms with E-state index in [0.717, 1.165) is 24.1 Å². The lowest BCUT2D eigenvalue weighted by Gasteiger charge is -2.25. The number of allylic oxidation sites excluding steroid dienone is 3. The third-order valence-corrected chi connectivity index (χ3v) is 7.26. The average molecular weight is 439 g/mol.